The van der Waals surface area contributed by atoms with Crippen molar-refractivity contribution in [2.24, 2.45) is 0 Å². The molecule has 0 radical (unpaired) electrons. The summed E-state index contributed by atoms with van der Waals surface area (Å²) < 4.78 is 15.7. The monoisotopic (exact) mass is 455 g/mol. The lowest BCUT2D eigenvalue weighted by molar-refractivity contribution is 0.439. The molecule has 0 fully saturated rings. The number of H-pyrrole nitrogens is 1. The number of aromatic amines is 1. The highest BCUT2D eigenvalue weighted by molar-refractivity contribution is 5.85. The van der Waals surface area contributed by atoms with Crippen molar-refractivity contribution in [3.8, 4) is 11.4 Å². The van der Waals surface area contributed by atoms with Gasteiger partial charge in [-0.25, -0.2) is 9.37 Å². The summed E-state index contributed by atoms with van der Waals surface area (Å²) in [5.41, 5.74) is 5.87. The zero-order valence-corrected chi connectivity index (χ0v) is 19.4. The molecule has 6 rings (SSSR count). The molecule has 1 aliphatic rings. The first-order chi connectivity index (χ1) is 16.4. The summed E-state index contributed by atoms with van der Waals surface area (Å²) in [4.78, 5) is 17.1. The number of nitrogens with one attached hydrogen (secondary N) is 2. The van der Waals surface area contributed by atoms with Crippen molar-refractivity contribution in [1.29, 1.82) is 0 Å². The summed E-state index contributed by atoms with van der Waals surface area (Å²) in [6.45, 7) is 6.44. The van der Waals surface area contributed by atoms with Crippen LogP contribution >= 0.6 is 0 Å². The van der Waals surface area contributed by atoms with Gasteiger partial charge in [-0.2, -0.15) is 14.6 Å². The smallest absolute Gasteiger partial charge is 0.228 e. The number of hydrogen-bond donors (Lipinski definition) is 2. The van der Waals surface area contributed by atoms with Gasteiger partial charge in [0.25, 0.3) is 0 Å². The lowest BCUT2D eigenvalue weighted by Gasteiger charge is -2.35. The third-order valence-electron chi connectivity index (χ3n) is 6.79. The van der Waals surface area contributed by atoms with Crippen molar-refractivity contribution in [3.63, 3.8) is 0 Å². The first-order valence-corrected chi connectivity index (χ1v) is 11.6. The fraction of sp³-hybridized carbons (Fsp3) is 0.308. The first kappa shape index (κ1) is 20.8. The van der Waals surface area contributed by atoms with E-state index in [4.69, 9.17) is 9.97 Å². The molecule has 1 atom stereocenters. The van der Waals surface area contributed by atoms with Crippen molar-refractivity contribution in [3.05, 3.63) is 71.6 Å². The summed E-state index contributed by atoms with van der Waals surface area (Å²) >= 11 is 0. The molecular formula is C26H26FN7. The Kier molecular flexibility index (Phi) is 4.65. The van der Waals surface area contributed by atoms with E-state index in [1.54, 1.807) is 10.7 Å². The van der Waals surface area contributed by atoms with Crippen LogP contribution in [0.25, 0.3) is 27.9 Å². The number of pyridine rings is 1. The van der Waals surface area contributed by atoms with E-state index in [1.807, 2.05) is 6.20 Å². The van der Waals surface area contributed by atoms with Crippen LogP contribution in [0, 0.1) is 5.82 Å². The van der Waals surface area contributed by atoms with Crippen molar-refractivity contribution < 1.29 is 4.39 Å². The van der Waals surface area contributed by atoms with Crippen LogP contribution in [0.2, 0.25) is 0 Å². The van der Waals surface area contributed by atoms with Crippen molar-refractivity contribution in [2.75, 3.05) is 5.32 Å². The minimum absolute atomic E-state index is 0.234. The highest BCUT2D eigenvalue weighted by atomic mass is 19.1. The molecule has 2 N–H and O–H groups in total. The maximum atomic E-state index is 13.9. The Bertz CT molecular complexity index is 1530. The van der Waals surface area contributed by atoms with Crippen molar-refractivity contribution in [2.45, 2.75) is 51.5 Å². The summed E-state index contributed by atoms with van der Waals surface area (Å²) in [5, 5.41) is 9.57. The lowest BCUT2D eigenvalue weighted by Crippen LogP contribution is -2.41. The second kappa shape index (κ2) is 7.62. The molecule has 4 heterocycles. The fourth-order valence-electron chi connectivity index (χ4n) is 4.97. The van der Waals surface area contributed by atoms with Gasteiger partial charge in [0.2, 0.25) is 5.95 Å². The molecular weight excluding hydrogens is 429 g/mol. The Morgan fingerprint density at radius 1 is 1.15 bits per heavy atom. The van der Waals surface area contributed by atoms with Crippen LogP contribution in [-0.4, -0.2) is 35.1 Å². The number of hydrogen-bond acceptors (Lipinski definition) is 5. The standard InChI is InChI=1S/C26H26FN7/c1-15(2)20-14-29-34-24(20)31-23(16-10-17(27)13-28-12-16)32-25(34)33-26(3)9-8-22-19(11-26)18-6-4-5-7-21(18)30-22/h4-7,10,12-15,30H,8-9,11H2,1-3H3,(H,31,32,33)/t26-/m0/s1. The quantitative estimate of drug-likeness (QED) is 0.385. The van der Waals surface area contributed by atoms with Gasteiger partial charge in [0, 0.05) is 39.5 Å². The summed E-state index contributed by atoms with van der Waals surface area (Å²) in [7, 11) is 0. The van der Waals surface area contributed by atoms with E-state index >= 15 is 0 Å². The molecule has 8 heteroatoms. The zero-order chi connectivity index (χ0) is 23.4. The van der Waals surface area contributed by atoms with Crippen LogP contribution in [0.15, 0.2) is 48.9 Å². The van der Waals surface area contributed by atoms with Crippen LogP contribution < -0.4 is 5.32 Å². The average molecular weight is 456 g/mol. The van der Waals surface area contributed by atoms with Gasteiger partial charge in [-0.1, -0.05) is 32.0 Å². The predicted octanol–water partition coefficient (Wildman–Crippen LogP) is 5.29. The number of halogens is 1. The Balaban J connectivity index is 1.45. The fourth-order valence-corrected chi connectivity index (χ4v) is 4.97. The minimum Gasteiger partial charge on any atom is -0.358 e. The number of benzene rings is 1. The molecule has 0 amide bonds. The van der Waals surface area contributed by atoms with Crippen LogP contribution in [-0.2, 0) is 12.8 Å². The number of rotatable bonds is 4. The summed E-state index contributed by atoms with van der Waals surface area (Å²) in [6, 6.07) is 9.86. The number of anilines is 1. The topological polar surface area (TPSA) is 83.8 Å². The van der Waals surface area contributed by atoms with Crippen molar-refractivity contribution in [1.82, 2.24) is 29.5 Å². The molecule has 1 aliphatic carbocycles. The largest absolute Gasteiger partial charge is 0.358 e. The molecule has 7 nitrogen and oxygen atoms in total. The molecule has 0 saturated heterocycles. The van der Waals surface area contributed by atoms with Gasteiger partial charge in [0.15, 0.2) is 11.5 Å². The van der Waals surface area contributed by atoms with Crippen LogP contribution in [0.1, 0.15) is 49.9 Å². The van der Waals surface area contributed by atoms with E-state index < -0.39 is 5.82 Å². The SMILES string of the molecule is CC(C)c1cnn2c(N[C@@]3(C)CCc4[nH]c5ccccc5c4C3)nc(-c3cncc(F)c3)nc12. The molecule has 172 valence electrons. The highest BCUT2D eigenvalue weighted by Crippen LogP contribution is 2.36. The summed E-state index contributed by atoms with van der Waals surface area (Å²) in [6.07, 6.45) is 7.35. The molecule has 0 bridgehead atoms. The maximum Gasteiger partial charge on any atom is 0.228 e. The van der Waals surface area contributed by atoms with Crippen LogP contribution in [0.4, 0.5) is 10.3 Å². The third kappa shape index (κ3) is 3.41. The van der Waals surface area contributed by atoms with E-state index in [0.717, 1.165) is 30.5 Å². The number of aryl methyl sites for hydroxylation is 1. The number of para-hydroxylation sites is 1. The lowest BCUT2D eigenvalue weighted by atomic mass is 9.81. The molecule has 0 saturated carbocycles. The Labute approximate surface area is 196 Å². The van der Waals surface area contributed by atoms with Gasteiger partial charge in [0.1, 0.15) is 5.82 Å². The Morgan fingerprint density at radius 3 is 2.82 bits per heavy atom. The number of aromatic nitrogens is 6. The normalized spacial score (nSPS) is 18.0. The van der Waals surface area contributed by atoms with E-state index in [-0.39, 0.29) is 11.5 Å². The molecule has 1 aromatic carbocycles. The molecule has 0 unspecified atom stereocenters. The van der Waals surface area contributed by atoms with Gasteiger partial charge >= 0.3 is 0 Å². The number of fused-ring (bicyclic) bond motifs is 4. The highest BCUT2D eigenvalue weighted by Gasteiger charge is 2.33. The first-order valence-electron chi connectivity index (χ1n) is 11.6. The Hall–Kier alpha value is -3.81. The molecule has 0 aliphatic heterocycles. The van der Waals surface area contributed by atoms with Gasteiger partial charge in [-0.05, 0) is 49.8 Å². The average Bonchev–Trinajstić information content (AvgIpc) is 3.40. The second-order valence-corrected chi connectivity index (χ2v) is 9.74. The minimum atomic E-state index is -0.417. The molecule has 5 aromatic rings. The van der Waals surface area contributed by atoms with Gasteiger partial charge in [-0.15, -0.1) is 0 Å². The molecule has 4 aromatic heterocycles. The van der Waals surface area contributed by atoms with Crippen LogP contribution in [0.3, 0.4) is 0 Å². The summed E-state index contributed by atoms with van der Waals surface area (Å²) in [5.74, 6) is 0.843. The van der Waals surface area contributed by atoms with Gasteiger partial charge < -0.3 is 10.3 Å². The Morgan fingerprint density at radius 2 is 2.00 bits per heavy atom. The van der Waals surface area contributed by atoms with E-state index in [0.29, 0.717) is 17.3 Å². The van der Waals surface area contributed by atoms with Gasteiger partial charge in [-0.3, -0.25) is 4.98 Å². The molecule has 34 heavy (non-hydrogen) atoms. The third-order valence-corrected chi connectivity index (χ3v) is 6.79. The maximum absolute atomic E-state index is 13.9. The van der Waals surface area contributed by atoms with E-state index in [9.17, 15) is 4.39 Å². The van der Waals surface area contributed by atoms with Gasteiger partial charge in [0.05, 0.1) is 12.4 Å². The van der Waals surface area contributed by atoms with Crippen LogP contribution in [0.5, 0.6) is 0 Å². The van der Waals surface area contributed by atoms with E-state index in [2.05, 4.69) is 65.4 Å². The zero-order valence-electron chi connectivity index (χ0n) is 19.4. The number of nitrogens with zero attached hydrogens (tertiary/aromatic N) is 5. The van der Waals surface area contributed by atoms with Crippen molar-refractivity contribution >= 4 is 22.5 Å². The van der Waals surface area contributed by atoms with E-state index in [1.165, 1.54) is 34.4 Å². The predicted molar refractivity (Wildman–Crippen MR) is 130 cm³/mol. The molecule has 0 spiro atoms. The second-order valence-electron chi connectivity index (χ2n) is 9.74.